The minimum absolute atomic E-state index is 0.381. The summed E-state index contributed by atoms with van der Waals surface area (Å²) >= 11 is 0. The lowest BCUT2D eigenvalue weighted by atomic mass is 9.64. The third kappa shape index (κ3) is 4.53. The van der Waals surface area contributed by atoms with Crippen LogP contribution in [0.15, 0.2) is 54.6 Å². The number of rotatable bonds is 5. The Labute approximate surface area is 198 Å². The molecule has 0 amide bonds. The van der Waals surface area contributed by atoms with Crippen LogP contribution in [-0.2, 0) is 17.6 Å². The number of hydrogen-bond donors (Lipinski definition) is 1. The van der Waals surface area contributed by atoms with Gasteiger partial charge in [-0.25, -0.2) is 0 Å². The van der Waals surface area contributed by atoms with Gasteiger partial charge in [0.25, 0.3) is 0 Å². The quantitative estimate of drug-likeness (QED) is 0.585. The fourth-order valence-electron chi connectivity index (χ4n) is 6.66. The summed E-state index contributed by atoms with van der Waals surface area (Å²) in [5.41, 5.74) is 6.53. The van der Waals surface area contributed by atoms with E-state index >= 15 is 0 Å². The third-order valence-corrected chi connectivity index (χ3v) is 8.63. The molecule has 0 radical (unpaired) electrons. The largest absolute Gasteiger partial charge is 0.481 e. The lowest BCUT2D eigenvalue weighted by Crippen LogP contribution is -2.49. The van der Waals surface area contributed by atoms with Gasteiger partial charge in [-0.1, -0.05) is 73.9 Å². The summed E-state index contributed by atoms with van der Waals surface area (Å²) in [6, 6.07) is 17.7. The summed E-state index contributed by atoms with van der Waals surface area (Å²) in [4.78, 5) is 14.8. The minimum atomic E-state index is -0.539. The molecule has 1 saturated heterocycles. The molecule has 1 saturated carbocycles. The van der Waals surface area contributed by atoms with Crippen molar-refractivity contribution in [3.05, 3.63) is 76.9 Å². The molecule has 1 N–H and O–H groups in total. The lowest BCUT2D eigenvalue weighted by Gasteiger charge is -2.45. The Kier molecular flexibility index (Phi) is 6.69. The molecule has 33 heavy (non-hydrogen) atoms. The van der Waals surface area contributed by atoms with Gasteiger partial charge in [0.15, 0.2) is 0 Å². The summed E-state index contributed by atoms with van der Waals surface area (Å²) in [6.45, 7) is 2.84. The number of aliphatic carboxylic acids is 1. The summed E-state index contributed by atoms with van der Waals surface area (Å²) in [5, 5.41) is 10.2. The van der Waals surface area contributed by atoms with Gasteiger partial charge in [-0.3, -0.25) is 4.79 Å². The molecule has 2 fully saturated rings. The fourth-order valence-corrected chi connectivity index (χ4v) is 6.66. The topological polar surface area (TPSA) is 40.5 Å². The van der Waals surface area contributed by atoms with Crippen molar-refractivity contribution in [1.29, 1.82) is 0 Å². The number of carboxylic acid groups (broad SMARTS) is 1. The number of carboxylic acids is 1. The molecule has 2 aromatic rings. The summed E-state index contributed by atoms with van der Waals surface area (Å²) in [5.74, 6) is -0.158. The Bertz CT molecular complexity index is 960. The predicted octanol–water partition coefficient (Wildman–Crippen LogP) is 6.35. The zero-order valence-electron chi connectivity index (χ0n) is 19.8. The van der Waals surface area contributed by atoms with Crippen LogP contribution in [0, 0.1) is 11.3 Å². The van der Waals surface area contributed by atoms with E-state index in [1.807, 2.05) is 0 Å². The zero-order chi connectivity index (χ0) is 22.7. The molecule has 1 heterocycles. The van der Waals surface area contributed by atoms with Crippen LogP contribution >= 0.6 is 0 Å². The van der Waals surface area contributed by atoms with Crippen molar-refractivity contribution < 1.29 is 9.90 Å². The number of fused-ring (bicyclic) bond motifs is 2. The van der Waals surface area contributed by atoms with Crippen LogP contribution in [0.25, 0.3) is 5.57 Å². The van der Waals surface area contributed by atoms with Crippen LogP contribution in [0.5, 0.6) is 0 Å². The number of carbonyl (C=O) groups is 1. The second-order valence-electron chi connectivity index (χ2n) is 10.4. The van der Waals surface area contributed by atoms with Gasteiger partial charge in [-0.15, -0.1) is 0 Å². The first-order valence-electron chi connectivity index (χ1n) is 13.0. The van der Waals surface area contributed by atoms with Gasteiger partial charge in [-0.2, -0.15) is 0 Å². The van der Waals surface area contributed by atoms with E-state index in [0.29, 0.717) is 5.92 Å². The van der Waals surface area contributed by atoms with E-state index in [9.17, 15) is 9.90 Å². The molecule has 5 rings (SSSR count). The Morgan fingerprint density at radius 1 is 0.909 bits per heavy atom. The van der Waals surface area contributed by atoms with Crippen LogP contribution in [0.1, 0.15) is 73.6 Å². The van der Waals surface area contributed by atoms with Crippen LogP contribution in [0.3, 0.4) is 0 Å². The predicted molar refractivity (Wildman–Crippen MR) is 134 cm³/mol. The van der Waals surface area contributed by atoms with Crippen molar-refractivity contribution >= 4 is 11.5 Å². The Morgan fingerprint density at radius 2 is 1.48 bits per heavy atom. The molecule has 3 nitrogen and oxygen atoms in total. The number of benzene rings is 2. The highest BCUT2D eigenvalue weighted by molar-refractivity contribution is 5.83. The van der Waals surface area contributed by atoms with E-state index < -0.39 is 11.4 Å². The molecular weight excluding hydrogens is 406 g/mol. The van der Waals surface area contributed by atoms with Gasteiger partial charge in [0.05, 0.1) is 5.41 Å². The Balaban J connectivity index is 1.28. The zero-order valence-corrected chi connectivity index (χ0v) is 19.8. The first-order valence-corrected chi connectivity index (χ1v) is 13.0. The first kappa shape index (κ1) is 22.4. The average molecular weight is 444 g/mol. The molecule has 0 atom stereocenters. The van der Waals surface area contributed by atoms with Crippen LogP contribution < -0.4 is 0 Å². The van der Waals surface area contributed by atoms with Crippen LogP contribution in [0.4, 0.5) is 0 Å². The molecule has 174 valence electrons. The monoisotopic (exact) mass is 443 g/mol. The normalized spacial score (nSPS) is 21.0. The number of aryl methyl sites for hydroxylation is 2. The fraction of sp³-hybridized carbons (Fsp3) is 0.500. The second kappa shape index (κ2) is 9.85. The van der Waals surface area contributed by atoms with Crippen molar-refractivity contribution in [3.63, 3.8) is 0 Å². The summed E-state index contributed by atoms with van der Waals surface area (Å²) in [7, 11) is 0. The lowest BCUT2D eigenvalue weighted by molar-refractivity contribution is -0.158. The Hall–Kier alpha value is -2.39. The third-order valence-electron chi connectivity index (χ3n) is 8.63. The molecule has 0 aromatic heterocycles. The van der Waals surface area contributed by atoms with E-state index in [1.165, 1.54) is 47.1 Å². The standard InChI is InChI=1S/C30H37NO2/c32-29(33)30(25-11-2-1-3-12-25)18-21-31(22-19-30)20-8-15-28-26-13-6-4-9-23(26)16-17-24-10-5-7-14-27(24)28/h4-7,9-10,13-15,25H,1-3,8,11-12,16-22H2,(H,32,33). The van der Waals surface area contributed by atoms with E-state index in [2.05, 4.69) is 59.5 Å². The van der Waals surface area contributed by atoms with Gasteiger partial charge in [-0.05, 0) is 91.8 Å². The maximum Gasteiger partial charge on any atom is 0.310 e. The SMILES string of the molecule is O=C(O)C1(C2CCCCC2)CCN(CCC=C2c3ccccc3CCc3ccccc32)CC1. The van der Waals surface area contributed by atoms with E-state index in [4.69, 9.17) is 0 Å². The van der Waals surface area contributed by atoms with Crippen molar-refractivity contribution in [2.24, 2.45) is 11.3 Å². The molecule has 0 bridgehead atoms. The molecule has 3 heteroatoms. The smallest absolute Gasteiger partial charge is 0.310 e. The first-order chi connectivity index (χ1) is 16.2. The van der Waals surface area contributed by atoms with Gasteiger partial charge in [0.1, 0.15) is 0 Å². The maximum atomic E-state index is 12.3. The van der Waals surface area contributed by atoms with Crippen molar-refractivity contribution in [3.8, 4) is 0 Å². The molecule has 3 aliphatic rings. The van der Waals surface area contributed by atoms with Gasteiger partial charge < -0.3 is 10.0 Å². The molecule has 1 aliphatic heterocycles. The molecule has 0 unspecified atom stereocenters. The Morgan fingerprint density at radius 3 is 2.06 bits per heavy atom. The highest BCUT2D eigenvalue weighted by atomic mass is 16.4. The van der Waals surface area contributed by atoms with E-state index in [-0.39, 0.29) is 0 Å². The summed E-state index contributed by atoms with van der Waals surface area (Å²) < 4.78 is 0. The highest BCUT2D eigenvalue weighted by Gasteiger charge is 2.47. The van der Waals surface area contributed by atoms with Gasteiger partial charge >= 0.3 is 5.97 Å². The van der Waals surface area contributed by atoms with E-state index in [1.54, 1.807) is 0 Å². The second-order valence-corrected chi connectivity index (χ2v) is 10.4. The van der Waals surface area contributed by atoms with Crippen LogP contribution in [-0.4, -0.2) is 35.6 Å². The summed E-state index contributed by atoms with van der Waals surface area (Å²) in [6.07, 6.45) is 13.2. The van der Waals surface area contributed by atoms with Crippen molar-refractivity contribution in [1.82, 2.24) is 4.90 Å². The van der Waals surface area contributed by atoms with Crippen molar-refractivity contribution in [2.75, 3.05) is 19.6 Å². The van der Waals surface area contributed by atoms with Crippen LogP contribution in [0.2, 0.25) is 0 Å². The molecule has 0 spiro atoms. The number of piperidine rings is 1. The highest BCUT2D eigenvalue weighted by Crippen LogP contribution is 2.46. The van der Waals surface area contributed by atoms with Gasteiger partial charge in [0.2, 0.25) is 0 Å². The molecule has 2 aliphatic carbocycles. The minimum Gasteiger partial charge on any atom is -0.481 e. The van der Waals surface area contributed by atoms with Gasteiger partial charge in [0, 0.05) is 6.54 Å². The maximum absolute atomic E-state index is 12.3. The number of nitrogens with zero attached hydrogens (tertiary/aromatic N) is 1. The number of hydrogen-bond acceptors (Lipinski definition) is 2. The average Bonchev–Trinajstić information content (AvgIpc) is 3.02. The van der Waals surface area contributed by atoms with E-state index in [0.717, 1.165) is 64.6 Å². The molecule has 2 aromatic carbocycles. The molecular formula is C30H37NO2. The number of likely N-dealkylation sites (tertiary alicyclic amines) is 1. The van der Waals surface area contributed by atoms with Crippen molar-refractivity contribution in [2.45, 2.75) is 64.2 Å².